The van der Waals surface area contributed by atoms with E-state index in [0.717, 1.165) is 23.8 Å². The van der Waals surface area contributed by atoms with E-state index in [1.54, 1.807) is 18.2 Å². The van der Waals surface area contributed by atoms with Crippen molar-refractivity contribution in [3.8, 4) is 5.75 Å². The second-order valence-electron chi connectivity index (χ2n) is 6.42. The molecule has 0 aliphatic rings. The molecule has 8 heteroatoms. The van der Waals surface area contributed by atoms with Crippen molar-refractivity contribution in [1.29, 1.82) is 0 Å². The van der Waals surface area contributed by atoms with Crippen LogP contribution >= 0.6 is 11.8 Å². The third kappa shape index (κ3) is 5.76. The second-order valence-corrected chi connectivity index (χ2v) is 7.41. The number of carbonyl (C=O) groups excluding carboxylic acids is 2. The fourth-order valence-electron chi connectivity index (χ4n) is 2.79. The number of carbonyl (C=O) groups is 2. The molecule has 0 spiro atoms. The molecule has 0 saturated carbocycles. The van der Waals surface area contributed by atoms with Gasteiger partial charge in [-0.3, -0.25) is 4.79 Å². The van der Waals surface area contributed by atoms with Crippen LogP contribution in [0.3, 0.4) is 0 Å². The SMILES string of the molecule is CCCc1cc(=O)oc2cc(O[C@@H](C)C(=O)N[C@@H](CCSC)C(=O)[O-])ccc12. The number of aliphatic carboxylic acids is 1. The van der Waals surface area contributed by atoms with E-state index in [-0.39, 0.29) is 6.42 Å². The molecule has 1 heterocycles. The lowest BCUT2D eigenvalue weighted by molar-refractivity contribution is -0.308. The Kier molecular flexibility index (Phi) is 7.92. The van der Waals surface area contributed by atoms with Gasteiger partial charge in [-0.05, 0) is 49.5 Å². The zero-order valence-electron chi connectivity index (χ0n) is 16.2. The molecule has 2 rings (SSSR count). The Balaban J connectivity index is 2.13. The first-order chi connectivity index (χ1) is 13.3. The van der Waals surface area contributed by atoms with E-state index in [2.05, 4.69) is 5.32 Å². The molecule has 2 aromatic rings. The van der Waals surface area contributed by atoms with Crippen molar-refractivity contribution in [3.63, 3.8) is 0 Å². The zero-order valence-corrected chi connectivity index (χ0v) is 17.0. The zero-order chi connectivity index (χ0) is 20.7. The number of benzene rings is 1. The van der Waals surface area contributed by atoms with Crippen LogP contribution < -0.4 is 20.8 Å². The average molecular weight is 406 g/mol. The summed E-state index contributed by atoms with van der Waals surface area (Å²) < 4.78 is 10.9. The van der Waals surface area contributed by atoms with E-state index < -0.39 is 29.6 Å². The number of fused-ring (bicyclic) bond motifs is 1. The summed E-state index contributed by atoms with van der Waals surface area (Å²) in [5.74, 6) is -0.957. The molecular weight excluding hydrogens is 382 g/mol. The van der Waals surface area contributed by atoms with Crippen LogP contribution in [0.15, 0.2) is 33.5 Å². The van der Waals surface area contributed by atoms with E-state index >= 15 is 0 Å². The van der Waals surface area contributed by atoms with Gasteiger partial charge >= 0.3 is 5.63 Å². The van der Waals surface area contributed by atoms with Crippen LogP contribution in [0.1, 0.15) is 32.3 Å². The number of ether oxygens (including phenoxy) is 1. The summed E-state index contributed by atoms with van der Waals surface area (Å²) in [5, 5.41) is 14.4. The molecule has 0 bridgehead atoms. The highest BCUT2D eigenvalue weighted by Gasteiger charge is 2.20. The number of nitrogens with one attached hydrogen (secondary N) is 1. The Hall–Kier alpha value is -2.48. The summed E-state index contributed by atoms with van der Waals surface area (Å²) in [6.07, 6.45) is 2.83. The molecule has 0 radical (unpaired) electrons. The van der Waals surface area contributed by atoms with Crippen molar-refractivity contribution in [3.05, 3.63) is 40.2 Å². The third-order valence-corrected chi connectivity index (χ3v) is 4.86. The van der Waals surface area contributed by atoms with Gasteiger partial charge in [0.1, 0.15) is 11.3 Å². The second kappa shape index (κ2) is 10.2. The predicted molar refractivity (Wildman–Crippen MR) is 107 cm³/mol. The first-order valence-electron chi connectivity index (χ1n) is 9.09. The molecule has 152 valence electrons. The van der Waals surface area contributed by atoms with Crippen LogP contribution in [0.5, 0.6) is 5.75 Å². The molecule has 0 fully saturated rings. The molecule has 0 saturated heterocycles. The van der Waals surface area contributed by atoms with Gasteiger partial charge in [-0.2, -0.15) is 11.8 Å². The molecule has 1 N–H and O–H groups in total. The molecule has 28 heavy (non-hydrogen) atoms. The summed E-state index contributed by atoms with van der Waals surface area (Å²) in [5.41, 5.74) is 0.842. The van der Waals surface area contributed by atoms with Crippen LogP contribution in [-0.4, -0.2) is 36.0 Å². The highest BCUT2D eigenvalue weighted by Crippen LogP contribution is 2.24. The van der Waals surface area contributed by atoms with Gasteiger partial charge in [0.15, 0.2) is 6.10 Å². The van der Waals surface area contributed by atoms with Gasteiger partial charge in [-0.15, -0.1) is 0 Å². The number of aryl methyl sites for hydroxylation is 1. The monoisotopic (exact) mass is 406 g/mol. The summed E-state index contributed by atoms with van der Waals surface area (Å²) in [6.45, 7) is 3.54. The van der Waals surface area contributed by atoms with E-state index in [0.29, 0.717) is 17.1 Å². The lowest BCUT2D eigenvalue weighted by atomic mass is 10.1. The van der Waals surface area contributed by atoms with E-state index in [4.69, 9.17) is 9.15 Å². The minimum absolute atomic E-state index is 0.267. The van der Waals surface area contributed by atoms with Crippen LogP contribution in [0.2, 0.25) is 0 Å². The highest BCUT2D eigenvalue weighted by atomic mass is 32.2. The number of hydrogen-bond donors (Lipinski definition) is 1. The van der Waals surface area contributed by atoms with Crippen LogP contribution in [0.4, 0.5) is 0 Å². The minimum atomic E-state index is -1.33. The molecule has 1 aromatic heterocycles. The third-order valence-electron chi connectivity index (χ3n) is 4.21. The topological polar surface area (TPSA) is 109 Å². The first-order valence-corrected chi connectivity index (χ1v) is 10.5. The Labute approximate surface area is 167 Å². The smallest absolute Gasteiger partial charge is 0.336 e. The molecule has 0 aliphatic carbocycles. The normalized spacial score (nSPS) is 13.1. The Bertz CT molecular complexity index is 894. The number of hydrogen-bond acceptors (Lipinski definition) is 7. The molecule has 1 amide bonds. The van der Waals surface area contributed by atoms with Gasteiger partial charge in [0, 0.05) is 17.5 Å². The van der Waals surface area contributed by atoms with E-state index in [1.165, 1.54) is 24.8 Å². The van der Waals surface area contributed by atoms with Gasteiger partial charge in [-0.1, -0.05) is 13.3 Å². The fourth-order valence-corrected chi connectivity index (χ4v) is 3.26. The van der Waals surface area contributed by atoms with Crippen LogP contribution in [0, 0.1) is 0 Å². The number of carboxylic acids is 1. The Morgan fingerprint density at radius 3 is 2.71 bits per heavy atom. The highest BCUT2D eigenvalue weighted by molar-refractivity contribution is 7.98. The fraction of sp³-hybridized carbons (Fsp3) is 0.450. The standard InChI is InChI=1S/C20H25NO6S/c1-4-5-13-10-18(22)27-17-11-14(6-7-15(13)17)26-12(2)19(23)21-16(20(24)25)8-9-28-3/h6-7,10-12,16H,4-5,8-9H2,1-3H3,(H,21,23)(H,24,25)/p-1/t12-,16-/m0/s1. The van der Waals surface area contributed by atoms with Crippen molar-refractivity contribution < 1.29 is 23.8 Å². The first kappa shape index (κ1) is 21.8. The number of carboxylic acid groups (broad SMARTS) is 1. The van der Waals surface area contributed by atoms with Gasteiger partial charge in [0.2, 0.25) is 0 Å². The molecule has 0 unspecified atom stereocenters. The van der Waals surface area contributed by atoms with Crippen molar-refractivity contribution in [2.24, 2.45) is 0 Å². The summed E-state index contributed by atoms with van der Waals surface area (Å²) >= 11 is 1.48. The van der Waals surface area contributed by atoms with Crippen molar-refractivity contribution >= 4 is 34.6 Å². The summed E-state index contributed by atoms with van der Waals surface area (Å²) in [6, 6.07) is 5.44. The van der Waals surface area contributed by atoms with Crippen molar-refractivity contribution in [2.45, 2.75) is 45.3 Å². The summed E-state index contributed by atoms with van der Waals surface area (Å²) in [4.78, 5) is 35.2. The maximum Gasteiger partial charge on any atom is 0.336 e. The largest absolute Gasteiger partial charge is 0.548 e. The number of rotatable bonds is 10. The molecule has 1 aromatic carbocycles. The average Bonchev–Trinajstić information content (AvgIpc) is 2.64. The maximum atomic E-state index is 12.3. The number of amides is 1. The van der Waals surface area contributed by atoms with E-state index in [9.17, 15) is 19.5 Å². The van der Waals surface area contributed by atoms with Crippen LogP contribution in [-0.2, 0) is 16.0 Å². The van der Waals surface area contributed by atoms with Gasteiger partial charge in [0.05, 0.1) is 12.0 Å². The van der Waals surface area contributed by atoms with Crippen molar-refractivity contribution in [2.75, 3.05) is 12.0 Å². The minimum Gasteiger partial charge on any atom is -0.548 e. The predicted octanol–water partition coefficient (Wildman–Crippen LogP) is 1.50. The van der Waals surface area contributed by atoms with E-state index in [1.807, 2.05) is 13.2 Å². The van der Waals surface area contributed by atoms with Gasteiger partial charge < -0.3 is 24.4 Å². The van der Waals surface area contributed by atoms with Crippen LogP contribution in [0.25, 0.3) is 11.0 Å². The summed E-state index contributed by atoms with van der Waals surface area (Å²) in [7, 11) is 0. The lowest BCUT2D eigenvalue weighted by Gasteiger charge is -2.22. The molecular formula is C20H24NO6S-. The van der Waals surface area contributed by atoms with Crippen molar-refractivity contribution in [1.82, 2.24) is 5.32 Å². The molecule has 2 atom stereocenters. The molecule has 0 aliphatic heterocycles. The molecule has 7 nitrogen and oxygen atoms in total. The maximum absolute atomic E-state index is 12.3. The number of thioether (sulfide) groups is 1. The lowest BCUT2D eigenvalue weighted by Crippen LogP contribution is -2.51. The Morgan fingerprint density at radius 2 is 2.07 bits per heavy atom. The van der Waals surface area contributed by atoms with Gasteiger partial charge in [0.25, 0.3) is 5.91 Å². The quantitative estimate of drug-likeness (QED) is 0.596. The Morgan fingerprint density at radius 1 is 1.32 bits per heavy atom. The van der Waals surface area contributed by atoms with Gasteiger partial charge in [-0.25, -0.2) is 4.79 Å².